The van der Waals surface area contributed by atoms with Crippen LogP contribution in [-0.2, 0) is 34.0 Å². The van der Waals surface area contributed by atoms with Crippen molar-refractivity contribution < 1.29 is 35.5 Å². The number of benzene rings is 2. The van der Waals surface area contributed by atoms with E-state index in [9.17, 15) is 30.8 Å². The minimum atomic E-state index is -4.36. The van der Waals surface area contributed by atoms with Crippen LogP contribution in [0.25, 0.3) is 0 Å². The number of nitrogens with two attached hydrogens (primary N) is 1. The number of sulfonamides is 1. The number of hydrogen-bond acceptors (Lipinski definition) is 5. The van der Waals surface area contributed by atoms with Crippen molar-refractivity contribution in [2.24, 2.45) is 5.73 Å². The fourth-order valence-electron chi connectivity index (χ4n) is 4.10. The van der Waals surface area contributed by atoms with E-state index in [1.807, 2.05) is 6.92 Å². The normalized spacial score (nSPS) is 12.2. The molecule has 0 aliphatic carbocycles. The largest absolute Gasteiger partial charge is 0.493 e. The lowest BCUT2D eigenvalue weighted by Crippen LogP contribution is -2.35. The maximum Gasteiger partial charge on any atom is 0.416 e. The number of nitrogens with zero attached hydrogens (tertiary/aromatic N) is 1. The molecular weight excluding hydrogens is 550 g/mol. The smallest absolute Gasteiger partial charge is 0.416 e. The second kappa shape index (κ2) is 16.5. The molecule has 0 radical (unpaired) electrons. The third-order valence-electron chi connectivity index (χ3n) is 6.13. The van der Waals surface area contributed by atoms with Crippen LogP contribution in [0.5, 0.6) is 5.75 Å². The zero-order chi connectivity index (χ0) is 29.6. The Morgan fingerprint density at radius 2 is 1.80 bits per heavy atom. The van der Waals surface area contributed by atoms with E-state index < -0.39 is 33.5 Å². The molecule has 0 aliphatic heterocycles. The number of amides is 1. The van der Waals surface area contributed by atoms with Gasteiger partial charge in [0.15, 0.2) is 0 Å². The van der Waals surface area contributed by atoms with Gasteiger partial charge in [0.05, 0.1) is 17.9 Å². The van der Waals surface area contributed by atoms with Crippen LogP contribution in [0, 0.1) is 5.82 Å². The van der Waals surface area contributed by atoms with Crippen molar-refractivity contribution in [3.63, 3.8) is 0 Å². The Hall–Kier alpha value is -2.70. The second-order valence-corrected chi connectivity index (χ2v) is 11.7. The van der Waals surface area contributed by atoms with Crippen LogP contribution in [0.3, 0.4) is 0 Å². The van der Waals surface area contributed by atoms with E-state index >= 15 is 0 Å². The summed E-state index contributed by atoms with van der Waals surface area (Å²) in [6, 6.07) is 9.75. The highest BCUT2D eigenvalue weighted by molar-refractivity contribution is 7.89. The number of unbranched alkanes of at least 4 members (excludes halogenated alkanes) is 2. The van der Waals surface area contributed by atoms with E-state index in [-0.39, 0.29) is 12.2 Å². The molecule has 0 atom stereocenters. The number of carbonyl (C=O) groups excluding carboxylic acids is 1. The van der Waals surface area contributed by atoms with Crippen LogP contribution in [0.4, 0.5) is 17.6 Å². The first kappa shape index (κ1) is 33.5. The van der Waals surface area contributed by atoms with E-state index in [0.29, 0.717) is 69.8 Å². The van der Waals surface area contributed by atoms with Crippen LogP contribution in [-0.4, -0.2) is 50.6 Å². The van der Waals surface area contributed by atoms with Crippen molar-refractivity contribution >= 4 is 15.9 Å². The molecule has 0 fully saturated rings. The molecule has 12 heteroatoms. The van der Waals surface area contributed by atoms with Crippen molar-refractivity contribution in [3.8, 4) is 5.75 Å². The Kier molecular flexibility index (Phi) is 13.9. The first-order valence-electron chi connectivity index (χ1n) is 13.5. The molecule has 0 saturated carbocycles. The molecule has 0 aliphatic rings. The lowest BCUT2D eigenvalue weighted by molar-refractivity contribution is -0.137. The number of halogens is 4. The summed E-state index contributed by atoms with van der Waals surface area (Å²) in [7, 11) is -3.57. The molecule has 7 nitrogen and oxygen atoms in total. The summed E-state index contributed by atoms with van der Waals surface area (Å²) in [5, 5.41) is 3.14. The highest BCUT2D eigenvalue weighted by Gasteiger charge is 2.30. The first-order chi connectivity index (χ1) is 18.9. The summed E-state index contributed by atoms with van der Waals surface area (Å²) < 4.78 is 84.5. The van der Waals surface area contributed by atoms with Crippen molar-refractivity contribution in [1.82, 2.24) is 9.62 Å². The second-order valence-electron chi connectivity index (χ2n) is 9.61. The molecule has 0 saturated heterocycles. The molecule has 3 N–H and O–H groups in total. The fraction of sp³-hybridized carbons (Fsp3) is 0.536. The quantitative estimate of drug-likeness (QED) is 0.177. The van der Waals surface area contributed by atoms with Gasteiger partial charge >= 0.3 is 6.18 Å². The maximum absolute atomic E-state index is 14.1. The Morgan fingerprint density at radius 1 is 1.02 bits per heavy atom. The molecule has 0 heterocycles. The Balaban J connectivity index is 1.71. The minimum Gasteiger partial charge on any atom is -0.493 e. The molecule has 224 valence electrons. The van der Waals surface area contributed by atoms with Crippen LogP contribution in [0.15, 0.2) is 42.5 Å². The summed E-state index contributed by atoms with van der Waals surface area (Å²) in [6.45, 7) is 3.77. The van der Waals surface area contributed by atoms with E-state index in [4.69, 9.17) is 10.5 Å². The van der Waals surface area contributed by atoms with Gasteiger partial charge in [-0.25, -0.2) is 17.1 Å². The SMILES string of the molecule is CCCN(CCCCOc1cc(F)cc(CCCCNCc2cccc(C(F)(F)F)c2)c1)S(=O)(=O)CCC(N)=O. The van der Waals surface area contributed by atoms with Gasteiger partial charge in [0, 0.05) is 32.1 Å². The summed E-state index contributed by atoms with van der Waals surface area (Å²) in [5.74, 6) is -0.979. The predicted octanol–water partition coefficient (Wildman–Crippen LogP) is 5.03. The van der Waals surface area contributed by atoms with E-state index in [2.05, 4.69) is 5.32 Å². The molecular formula is C28H39F4N3O4S. The predicted molar refractivity (Wildman–Crippen MR) is 147 cm³/mol. The van der Waals surface area contributed by atoms with E-state index in [1.165, 1.54) is 22.5 Å². The molecule has 40 heavy (non-hydrogen) atoms. The van der Waals surface area contributed by atoms with Gasteiger partial charge in [-0.05, 0) is 74.4 Å². The van der Waals surface area contributed by atoms with Gasteiger partial charge < -0.3 is 15.8 Å². The van der Waals surface area contributed by atoms with Gasteiger partial charge in [-0.2, -0.15) is 13.2 Å². The fourth-order valence-corrected chi connectivity index (χ4v) is 5.68. The average molecular weight is 590 g/mol. The number of primary amides is 1. The lowest BCUT2D eigenvalue weighted by Gasteiger charge is -2.21. The molecule has 0 aromatic heterocycles. The summed E-state index contributed by atoms with van der Waals surface area (Å²) in [6.07, 6.45) is -0.683. The summed E-state index contributed by atoms with van der Waals surface area (Å²) in [5.41, 5.74) is 5.75. The zero-order valence-electron chi connectivity index (χ0n) is 22.8. The number of alkyl halides is 3. The van der Waals surface area contributed by atoms with Gasteiger partial charge in [-0.3, -0.25) is 4.79 Å². The molecule has 0 bridgehead atoms. The van der Waals surface area contributed by atoms with E-state index in [0.717, 1.165) is 30.5 Å². The average Bonchev–Trinajstić information content (AvgIpc) is 2.88. The van der Waals surface area contributed by atoms with Crippen molar-refractivity contribution in [3.05, 3.63) is 65.0 Å². The highest BCUT2D eigenvalue weighted by atomic mass is 32.2. The van der Waals surface area contributed by atoms with Gasteiger partial charge in [0.25, 0.3) is 0 Å². The molecule has 2 aromatic carbocycles. The van der Waals surface area contributed by atoms with Gasteiger partial charge in [0.2, 0.25) is 15.9 Å². The topological polar surface area (TPSA) is 102 Å². The van der Waals surface area contributed by atoms with Crippen LogP contribution < -0.4 is 15.8 Å². The maximum atomic E-state index is 14.1. The number of rotatable bonds is 19. The standard InChI is InChI=1S/C28H39F4N3O4S/c1-2-13-35(40(37,38)16-11-27(33)36)14-5-6-15-39-26-19-22(18-25(29)20-26)8-3-4-12-34-21-23-9-7-10-24(17-23)28(30,31)32/h7,9-10,17-20,34H,2-6,8,11-16,21H2,1H3,(H2,33,36). The highest BCUT2D eigenvalue weighted by Crippen LogP contribution is 2.29. The molecule has 0 spiro atoms. The van der Waals surface area contributed by atoms with Crippen LogP contribution in [0.2, 0.25) is 0 Å². The number of aryl methyl sites for hydroxylation is 1. The Bertz CT molecular complexity index is 1180. The minimum absolute atomic E-state index is 0.218. The third kappa shape index (κ3) is 12.6. The molecule has 0 unspecified atom stereocenters. The summed E-state index contributed by atoms with van der Waals surface area (Å²) >= 11 is 0. The van der Waals surface area contributed by atoms with Crippen molar-refractivity contribution in [2.45, 2.75) is 64.6 Å². The Labute approximate surface area is 234 Å². The third-order valence-corrected chi connectivity index (χ3v) is 8.00. The van der Waals surface area contributed by atoms with E-state index in [1.54, 1.807) is 12.1 Å². The molecule has 2 rings (SSSR count). The number of carbonyl (C=O) groups is 1. The number of nitrogens with one attached hydrogen (secondary N) is 1. The Morgan fingerprint density at radius 3 is 2.50 bits per heavy atom. The monoisotopic (exact) mass is 589 g/mol. The van der Waals surface area contributed by atoms with Gasteiger partial charge in [0.1, 0.15) is 11.6 Å². The number of ether oxygens (including phenoxy) is 1. The lowest BCUT2D eigenvalue weighted by atomic mass is 10.1. The summed E-state index contributed by atoms with van der Waals surface area (Å²) in [4.78, 5) is 11.0. The number of hydrogen-bond donors (Lipinski definition) is 2. The molecule has 1 amide bonds. The first-order valence-corrected chi connectivity index (χ1v) is 15.1. The molecule has 2 aromatic rings. The van der Waals surface area contributed by atoms with Crippen molar-refractivity contribution in [2.75, 3.05) is 32.0 Å². The van der Waals surface area contributed by atoms with Gasteiger partial charge in [-0.1, -0.05) is 25.1 Å². The zero-order valence-corrected chi connectivity index (χ0v) is 23.6. The van der Waals surface area contributed by atoms with Crippen molar-refractivity contribution in [1.29, 1.82) is 0 Å². The van der Waals surface area contributed by atoms with Gasteiger partial charge in [-0.15, -0.1) is 0 Å². The van der Waals surface area contributed by atoms with Crippen LogP contribution >= 0.6 is 0 Å². The van der Waals surface area contributed by atoms with Crippen LogP contribution in [0.1, 0.15) is 62.1 Å².